The molecule has 0 spiro atoms. The van der Waals surface area contributed by atoms with Crippen molar-refractivity contribution in [1.29, 1.82) is 0 Å². The lowest BCUT2D eigenvalue weighted by Crippen LogP contribution is -3.02. The Bertz CT molecular complexity index is 1580. The van der Waals surface area contributed by atoms with Crippen molar-refractivity contribution < 1.29 is 18.4 Å². The topological polar surface area (TPSA) is 56.0 Å². The monoisotopic (exact) mass is 589 g/mol. The Labute approximate surface area is 249 Å². The number of morpholine rings is 1. The Balaban J connectivity index is 1.27. The maximum Gasteiger partial charge on any atom is 0.285 e. The summed E-state index contributed by atoms with van der Waals surface area (Å²) in [5.41, 5.74) is 7.78. The molecule has 212 valence electrons. The minimum Gasteiger partial charge on any atom is -0.387 e. The summed E-state index contributed by atoms with van der Waals surface area (Å²) in [7, 11) is 2.24. The molecule has 2 aromatic heterocycles. The van der Waals surface area contributed by atoms with Crippen LogP contribution in [0.3, 0.4) is 0 Å². The molecule has 9 heteroatoms. The van der Waals surface area contributed by atoms with Crippen LogP contribution in [-0.4, -0.2) is 62.9 Å². The first-order valence-corrected chi connectivity index (χ1v) is 15.9. The van der Waals surface area contributed by atoms with Crippen molar-refractivity contribution in [3.63, 3.8) is 0 Å². The molecule has 0 radical (unpaired) electrons. The summed E-state index contributed by atoms with van der Waals surface area (Å²) in [6.07, 6.45) is 4.79. The highest BCUT2D eigenvalue weighted by molar-refractivity contribution is 7.95. The molecule has 3 N–H and O–H groups in total. The maximum atomic E-state index is 13.8. The fourth-order valence-electron chi connectivity index (χ4n) is 5.47. The third kappa shape index (κ3) is 6.39. The SMILES string of the molecule is CCC1=C(c2ccc(F)cc2)C(c2ccc3nc[nH+]c(-c4ccc(S[NH+](C)CCN5CCOCC5)s4)c3c2)=CNC1. The van der Waals surface area contributed by atoms with Gasteiger partial charge in [-0.05, 0) is 76.1 Å². The van der Waals surface area contributed by atoms with E-state index in [9.17, 15) is 4.39 Å². The van der Waals surface area contributed by atoms with Crippen LogP contribution in [-0.2, 0) is 4.74 Å². The van der Waals surface area contributed by atoms with E-state index in [0.29, 0.717) is 0 Å². The van der Waals surface area contributed by atoms with Crippen LogP contribution >= 0.6 is 23.3 Å². The minimum absolute atomic E-state index is 0.220. The summed E-state index contributed by atoms with van der Waals surface area (Å²) < 4.78 is 22.0. The standard InChI is InChI=1S/C32H34FN5OS2/c1-3-22-19-34-20-27(31(22)23-4-7-25(33)8-5-23)24-6-9-28-26(18-24)32(36-21-35-28)29-10-11-30(40-29)41-37(2)12-13-38-14-16-39-17-15-38/h4-11,18,20-21,34H,3,12-17,19H2,1-2H3/p+2. The Hall–Kier alpha value is -3.08. The number of rotatable bonds is 9. The quantitative estimate of drug-likeness (QED) is 0.280. The number of allylic oxidation sites excluding steroid dienone is 2. The third-order valence-corrected chi connectivity index (χ3v) is 10.0. The number of H-pyrrole nitrogens is 1. The van der Waals surface area contributed by atoms with Gasteiger partial charge in [-0.15, -0.1) is 11.3 Å². The summed E-state index contributed by atoms with van der Waals surface area (Å²) in [6.45, 7) is 8.88. The van der Waals surface area contributed by atoms with Gasteiger partial charge in [0.15, 0.2) is 11.2 Å². The largest absolute Gasteiger partial charge is 0.387 e. The van der Waals surface area contributed by atoms with Gasteiger partial charge in [0.2, 0.25) is 0 Å². The molecular weight excluding hydrogens is 554 g/mol. The molecule has 0 bridgehead atoms. The molecule has 0 amide bonds. The van der Waals surface area contributed by atoms with Crippen LogP contribution in [0.25, 0.3) is 32.6 Å². The van der Waals surface area contributed by atoms with E-state index in [1.165, 1.54) is 24.5 Å². The number of dihydropyridines is 1. The van der Waals surface area contributed by atoms with Crippen LogP contribution in [0, 0.1) is 5.82 Å². The first-order chi connectivity index (χ1) is 20.1. The van der Waals surface area contributed by atoms with Crippen LogP contribution < -0.4 is 14.6 Å². The van der Waals surface area contributed by atoms with Gasteiger partial charge in [0.25, 0.3) is 6.33 Å². The Morgan fingerprint density at radius 2 is 1.90 bits per heavy atom. The van der Waals surface area contributed by atoms with E-state index in [-0.39, 0.29) is 5.82 Å². The van der Waals surface area contributed by atoms with Crippen molar-refractivity contribution in [3.8, 4) is 10.6 Å². The van der Waals surface area contributed by atoms with E-state index in [1.54, 1.807) is 18.5 Å². The molecule has 4 aromatic rings. The Morgan fingerprint density at radius 3 is 2.71 bits per heavy atom. The molecule has 2 aliphatic heterocycles. The Morgan fingerprint density at radius 1 is 1.10 bits per heavy atom. The first kappa shape index (κ1) is 28.1. The van der Waals surface area contributed by atoms with E-state index < -0.39 is 0 Å². The molecule has 2 aromatic carbocycles. The summed E-state index contributed by atoms with van der Waals surface area (Å²) in [5, 5.41) is 4.55. The number of aromatic amines is 1. The lowest BCUT2D eigenvalue weighted by molar-refractivity contribution is -0.730. The average Bonchev–Trinajstić information content (AvgIpc) is 3.48. The van der Waals surface area contributed by atoms with Gasteiger partial charge in [-0.25, -0.2) is 9.37 Å². The van der Waals surface area contributed by atoms with Crippen molar-refractivity contribution >= 4 is 45.3 Å². The molecule has 1 unspecified atom stereocenters. The van der Waals surface area contributed by atoms with Crippen molar-refractivity contribution in [2.24, 2.45) is 0 Å². The van der Waals surface area contributed by atoms with Gasteiger partial charge in [0, 0.05) is 38.0 Å². The highest BCUT2D eigenvalue weighted by Gasteiger charge is 2.22. The second-order valence-electron chi connectivity index (χ2n) is 10.4. The predicted molar refractivity (Wildman–Crippen MR) is 166 cm³/mol. The van der Waals surface area contributed by atoms with Crippen LogP contribution in [0.2, 0.25) is 0 Å². The number of aromatic nitrogens is 2. The van der Waals surface area contributed by atoms with Crippen molar-refractivity contribution in [2.75, 3.05) is 53.0 Å². The fraction of sp³-hybridized carbons (Fsp3) is 0.312. The molecule has 0 aliphatic carbocycles. The number of nitrogens with one attached hydrogen (secondary N) is 3. The number of hydrogen-bond donors (Lipinski definition) is 2. The van der Waals surface area contributed by atoms with Gasteiger partial charge in [-0.1, -0.05) is 19.1 Å². The number of halogens is 1. The molecule has 2 aliphatic rings. The molecule has 6 nitrogen and oxygen atoms in total. The lowest BCUT2D eigenvalue weighted by atomic mass is 9.86. The van der Waals surface area contributed by atoms with Gasteiger partial charge < -0.3 is 10.1 Å². The fourth-order valence-corrected chi connectivity index (χ4v) is 7.77. The molecule has 4 heterocycles. The van der Waals surface area contributed by atoms with Gasteiger partial charge in [-0.3, -0.25) is 9.21 Å². The number of benzene rings is 2. The third-order valence-electron chi connectivity index (χ3n) is 7.72. The van der Waals surface area contributed by atoms with E-state index in [0.717, 1.165) is 85.7 Å². The smallest absolute Gasteiger partial charge is 0.285 e. The number of thiophene rings is 1. The molecule has 41 heavy (non-hydrogen) atoms. The lowest BCUT2D eigenvalue weighted by Gasteiger charge is -2.26. The molecule has 1 saturated heterocycles. The zero-order valence-electron chi connectivity index (χ0n) is 23.5. The number of hydrogen-bond acceptors (Lipinski definition) is 6. The molecule has 0 saturated carbocycles. The van der Waals surface area contributed by atoms with E-state index in [2.05, 4.69) is 70.7 Å². The minimum atomic E-state index is -0.220. The highest BCUT2D eigenvalue weighted by atomic mass is 32.2. The predicted octanol–water partition coefficient (Wildman–Crippen LogP) is 4.58. The van der Waals surface area contributed by atoms with Crippen LogP contribution in [0.5, 0.6) is 0 Å². The van der Waals surface area contributed by atoms with E-state index >= 15 is 0 Å². The summed E-state index contributed by atoms with van der Waals surface area (Å²) in [5.74, 6) is -0.220. The normalized spacial score (nSPS) is 17.0. The van der Waals surface area contributed by atoms with Crippen LogP contribution in [0.4, 0.5) is 4.39 Å². The van der Waals surface area contributed by atoms with Crippen molar-refractivity contribution in [2.45, 2.75) is 17.6 Å². The van der Waals surface area contributed by atoms with Crippen molar-refractivity contribution in [1.82, 2.24) is 15.2 Å². The zero-order valence-corrected chi connectivity index (χ0v) is 25.1. The summed E-state index contributed by atoms with van der Waals surface area (Å²) in [6, 6.07) is 17.7. The number of likely N-dealkylation sites (N-methyl/N-ethyl adjacent to an activating group) is 1. The van der Waals surface area contributed by atoms with Crippen LogP contribution in [0.1, 0.15) is 24.5 Å². The number of fused-ring (bicyclic) bond motifs is 1. The van der Waals surface area contributed by atoms with Gasteiger partial charge in [0.05, 0.1) is 30.5 Å². The summed E-state index contributed by atoms with van der Waals surface area (Å²) >= 11 is 3.69. The van der Waals surface area contributed by atoms with Gasteiger partial charge in [-0.2, -0.15) is 0 Å². The second-order valence-corrected chi connectivity index (χ2v) is 13.1. The highest BCUT2D eigenvalue weighted by Crippen LogP contribution is 2.39. The van der Waals surface area contributed by atoms with Gasteiger partial charge in [0.1, 0.15) is 28.5 Å². The van der Waals surface area contributed by atoms with Gasteiger partial charge >= 0.3 is 0 Å². The number of quaternary nitrogens is 1. The molecule has 1 atom stereocenters. The van der Waals surface area contributed by atoms with Crippen LogP contribution in [0.15, 0.2) is 76.9 Å². The molecule has 6 rings (SSSR count). The number of ether oxygens (including phenoxy) is 1. The maximum absolute atomic E-state index is 13.8. The van der Waals surface area contributed by atoms with Crippen molar-refractivity contribution in [3.05, 3.63) is 89.6 Å². The first-order valence-electron chi connectivity index (χ1n) is 14.2. The van der Waals surface area contributed by atoms with E-state index in [1.807, 2.05) is 35.4 Å². The zero-order chi connectivity index (χ0) is 28.2. The second kappa shape index (κ2) is 12.8. The average molecular weight is 590 g/mol. The summed E-state index contributed by atoms with van der Waals surface area (Å²) in [4.78, 5) is 11.7. The number of nitrogens with zero attached hydrogens (tertiary/aromatic N) is 2. The van der Waals surface area contributed by atoms with E-state index in [4.69, 9.17) is 4.74 Å². The Kier molecular flexibility index (Phi) is 8.78. The molecule has 1 fully saturated rings. The molecular formula is C32H36FN5OS2+2.